The minimum Gasteiger partial charge on any atom is -0.346 e. The zero-order valence-corrected chi connectivity index (χ0v) is 12.2. The van der Waals surface area contributed by atoms with E-state index in [0.717, 1.165) is 19.5 Å². The first kappa shape index (κ1) is 13.8. The quantitative estimate of drug-likeness (QED) is 0.853. The summed E-state index contributed by atoms with van der Waals surface area (Å²) in [5, 5.41) is 2.91. The van der Waals surface area contributed by atoms with E-state index < -0.39 is 0 Å². The SMILES string of the molecule is Cc1ccc(C(=O)NCc2ccc(C#CCN)s2)s1. The Bertz CT molecular complexity index is 631. The molecule has 0 unspecified atom stereocenters. The normalized spacial score (nSPS) is 9.79. The van der Waals surface area contributed by atoms with Crippen LogP contribution in [-0.2, 0) is 6.54 Å². The van der Waals surface area contributed by atoms with E-state index in [0.29, 0.717) is 13.1 Å². The van der Waals surface area contributed by atoms with Crippen molar-refractivity contribution >= 4 is 28.6 Å². The van der Waals surface area contributed by atoms with Crippen molar-refractivity contribution in [1.82, 2.24) is 5.32 Å². The van der Waals surface area contributed by atoms with Gasteiger partial charge < -0.3 is 11.1 Å². The molecule has 0 aliphatic heterocycles. The summed E-state index contributed by atoms with van der Waals surface area (Å²) in [5.74, 6) is 5.77. The van der Waals surface area contributed by atoms with Crippen molar-refractivity contribution in [2.24, 2.45) is 5.73 Å². The van der Waals surface area contributed by atoms with Gasteiger partial charge in [-0.3, -0.25) is 4.79 Å². The summed E-state index contributed by atoms with van der Waals surface area (Å²) < 4.78 is 0. The molecular weight excluding hydrogens is 276 g/mol. The molecular formula is C14H14N2OS2. The highest BCUT2D eigenvalue weighted by molar-refractivity contribution is 7.14. The lowest BCUT2D eigenvalue weighted by atomic mass is 10.4. The highest BCUT2D eigenvalue weighted by Crippen LogP contribution is 2.17. The first-order chi connectivity index (χ1) is 9.19. The molecule has 3 N–H and O–H groups in total. The first-order valence-electron chi connectivity index (χ1n) is 5.81. The second kappa shape index (κ2) is 6.53. The van der Waals surface area contributed by atoms with Crippen LogP contribution >= 0.6 is 22.7 Å². The van der Waals surface area contributed by atoms with E-state index in [1.54, 1.807) is 11.3 Å². The summed E-state index contributed by atoms with van der Waals surface area (Å²) >= 11 is 3.08. The van der Waals surface area contributed by atoms with Crippen molar-refractivity contribution in [3.8, 4) is 11.8 Å². The molecule has 0 aliphatic rings. The van der Waals surface area contributed by atoms with Crippen LogP contribution in [0, 0.1) is 18.8 Å². The third-order valence-electron chi connectivity index (χ3n) is 2.36. The van der Waals surface area contributed by atoms with Crippen LogP contribution in [0.4, 0.5) is 0 Å². The summed E-state index contributed by atoms with van der Waals surface area (Å²) in [6, 6.07) is 7.72. The number of nitrogens with one attached hydrogen (secondary N) is 1. The average Bonchev–Trinajstić information content (AvgIpc) is 3.02. The van der Waals surface area contributed by atoms with Crippen LogP contribution in [-0.4, -0.2) is 12.5 Å². The van der Waals surface area contributed by atoms with Crippen LogP contribution in [0.1, 0.15) is 24.3 Å². The van der Waals surface area contributed by atoms with Crippen LogP contribution in [0.25, 0.3) is 0 Å². The molecule has 5 heteroatoms. The maximum absolute atomic E-state index is 11.9. The smallest absolute Gasteiger partial charge is 0.261 e. The molecule has 2 heterocycles. The zero-order valence-electron chi connectivity index (χ0n) is 10.5. The number of carbonyl (C=O) groups is 1. The van der Waals surface area contributed by atoms with Gasteiger partial charge in [-0.05, 0) is 31.2 Å². The highest BCUT2D eigenvalue weighted by atomic mass is 32.1. The molecule has 1 amide bonds. The molecule has 0 aromatic carbocycles. The molecule has 0 fully saturated rings. The van der Waals surface area contributed by atoms with Gasteiger partial charge in [0.1, 0.15) is 0 Å². The number of amides is 1. The van der Waals surface area contributed by atoms with Crippen molar-refractivity contribution in [3.63, 3.8) is 0 Å². The number of rotatable bonds is 3. The standard InChI is InChI=1S/C14H14N2OS2/c1-10-4-7-13(18-10)14(17)16-9-12-6-5-11(19-12)3-2-8-15/h4-7H,8-9,15H2,1H3,(H,16,17). The van der Waals surface area contributed by atoms with Crippen molar-refractivity contribution in [3.05, 3.63) is 43.8 Å². The maximum atomic E-state index is 11.9. The van der Waals surface area contributed by atoms with E-state index in [9.17, 15) is 4.79 Å². The summed E-state index contributed by atoms with van der Waals surface area (Å²) in [5.41, 5.74) is 5.32. The van der Waals surface area contributed by atoms with Gasteiger partial charge in [-0.15, -0.1) is 22.7 Å². The number of hydrogen-bond acceptors (Lipinski definition) is 4. The molecule has 19 heavy (non-hydrogen) atoms. The van der Waals surface area contributed by atoms with E-state index in [1.165, 1.54) is 11.3 Å². The van der Waals surface area contributed by atoms with E-state index in [1.807, 2.05) is 31.2 Å². The summed E-state index contributed by atoms with van der Waals surface area (Å²) in [4.78, 5) is 15.8. The molecule has 0 saturated carbocycles. The third kappa shape index (κ3) is 3.93. The van der Waals surface area contributed by atoms with E-state index in [4.69, 9.17) is 5.73 Å². The molecule has 2 aromatic rings. The van der Waals surface area contributed by atoms with E-state index in [2.05, 4.69) is 17.2 Å². The third-order valence-corrected chi connectivity index (χ3v) is 4.36. The Morgan fingerprint density at radius 2 is 2.16 bits per heavy atom. The van der Waals surface area contributed by atoms with Crippen molar-refractivity contribution < 1.29 is 4.79 Å². The predicted octanol–water partition coefficient (Wildman–Crippen LogP) is 2.36. The topological polar surface area (TPSA) is 55.1 Å². The fourth-order valence-corrected chi connectivity index (χ4v) is 3.10. The summed E-state index contributed by atoms with van der Waals surface area (Å²) in [6.07, 6.45) is 0. The molecule has 2 rings (SSSR count). The lowest BCUT2D eigenvalue weighted by Gasteiger charge is -2.00. The van der Waals surface area contributed by atoms with Crippen molar-refractivity contribution in [2.75, 3.05) is 6.54 Å². The Balaban J connectivity index is 1.92. The molecule has 0 radical (unpaired) electrons. The molecule has 3 nitrogen and oxygen atoms in total. The maximum Gasteiger partial charge on any atom is 0.261 e. The van der Waals surface area contributed by atoms with E-state index >= 15 is 0 Å². The lowest BCUT2D eigenvalue weighted by Crippen LogP contribution is -2.21. The monoisotopic (exact) mass is 290 g/mol. The molecule has 0 atom stereocenters. The van der Waals surface area contributed by atoms with Gasteiger partial charge in [0.15, 0.2) is 0 Å². The summed E-state index contributed by atoms with van der Waals surface area (Å²) in [6.45, 7) is 2.88. The Hall–Kier alpha value is -1.61. The number of aryl methyl sites for hydroxylation is 1. The number of nitrogens with two attached hydrogens (primary N) is 1. The molecule has 98 valence electrons. The van der Waals surface area contributed by atoms with Crippen LogP contribution in [0.15, 0.2) is 24.3 Å². The highest BCUT2D eigenvalue weighted by Gasteiger charge is 2.08. The minimum absolute atomic E-state index is 0.0268. The molecule has 0 spiro atoms. The van der Waals surface area contributed by atoms with Gasteiger partial charge in [0, 0.05) is 9.75 Å². The fourth-order valence-electron chi connectivity index (χ4n) is 1.49. The van der Waals surface area contributed by atoms with Gasteiger partial charge in [0.25, 0.3) is 5.91 Å². The molecule has 0 aliphatic carbocycles. The second-order valence-electron chi connectivity index (χ2n) is 3.86. The van der Waals surface area contributed by atoms with Crippen LogP contribution in [0.2, 0.25) is 0 Å². The van der Waals surface area contributed by atoms with Gasteiger partial charge in [-0.25, -0.2) is 0 Å². The Morgan fingerprint density at radius 1 is 1.32 bits per heavy atom. The molecule has 2 aromatic heterocycles. The fraction of sp³-hybridized carbons (Fsp3) is 0.214. The zero-order chi connectivity index (χ0) is 13.7. The Labute approximate surface area is 120 Å². The van der Waals surface area contributed by atoms with Gasteiger partial charge in [-0.2, -0.15) is 0 Å². The van der Waals surface area contributed by atoms with Crippen LogP contribution in [0.5, 0.6) is 0 Å². The van der Waals surface area contributed by atoms with Gasteiger partial charge >= 0.3 is 0 Å². The van der Waals surface area contributed by atoms with Crippen molar-refractivity contribution in [1.29, 1.82) is 0 Å². The first-order valence-corrected chi connectivity index (χ1v) is 7.44. The number of carbonyl (C=O) groups excluding carboxylic acids is 1. The van der Waals surface area contributed by atoms with Gasteiger partial charge in [-0.1, -0.05) is 11.8 Å². The average molecular weight is 290 g/mol. The van der Waals surface area contributed by atoms with Gasteiger partial charge in [0.2, 0.25) is 0 Å². The Morgan fingerprint density at radius 3 is 2.84 bits per heavy atom. The second-order valence-corrected chi connectivity index (χ2v) is 6.32. The number of thiophene rings is 2. The van der Waals surface area contributed by atoms with Crippen LogP contribution in [0.3, 0.4) is 0 Å². The largest absolute Gasteiger partial charge is 0.346 e. The predicted molar refractivity (Wildman–Crippen MR) is 80.5 cm³/mol. The molecule has 0 saturated heterocycles. The summed E-state index contributed by atoms with van der Waals surface area (Å²) in [7, 11) is 0. The van der Waals surface area contributed by atoms with E-state index in [-0.39, 0.29) is 5.91 Å². The van der Waals surface area contributed by atoms with Crippen molar-refractivity contribution in [2.45, 2.75) is 13.5 Å². The Kier molecular flexibility index (Phi) is 4.74. The molecule has 0 bridgehead atoms. The number of hydrogen-bond donors (Lipinski definition) is 2. The van der Waals surface area contributed by atoms with Gasteiger partial charge in [0.05, 0.1) is 22.8 Å². The van der Waals surface area contributed by atoms with Crippen LogP contribution < -0.4 is 11.1 Å². The lowest BCUT2D eigenvalue weighted by molar-refractivity contribution is 0.0955. The minimum atomic E-state index is -0.0268.